The molecule has 0 aliphatic heterocycles. The molecule has 126 valence electrons. The number of carbonyl (C=O) groups is 1. The van der Waals surface area contributed by atoms with E-state index in [0.29, 0.717) is 24.7 Å². The highest BCUT2D eigenvalue weighted by Gasteiger charge is 2.08. The average Bonchev–Trinajstić information content (AvgIpc) is 2.60. The van der Waals surface area contributed by atoms with Crippen LogP contribution in [0.3, 0.4) is 0 Å². The molecule has 2 aromatic rings. The van der Waals surface area contributed by atoms with Gasteiger partial charge in [0.2, 0.25) is 0 Å². The zero-order valence-electron chi connectivity index (χ0n) is 14.2. The van der Waals surface area contributed by atoms with Gasteiger partial charge >= 0.3 is 5.97 Å². The van der Waals surface area contributed by atoms with Crippen molar-refractivity contribution in [1.29, 1.82) is 0 Å². The summed E-state index contributed by atoms with van der Waals surface area (Å²) >= 11 is 0. The summed E-state index contributed by atoms with van der Waals surface area (Å²) in [6, 6.07) is 15.5. The Hall–Kier alpha value is -2.75. The average molecular weight is 326 g/mol. The molecule has 0 fully saturated rings. The third-order valence-corrected chi connectivity index (χ3v) is 3.48. The van der Waals surface area contributed by atoms with Crippen LogP contribution >= 0.6 is 0 Å². The molecular formula is C20H22O4. The highest BCUT2D eigenvalue weighted by Crippen LogP contribution is 2.31. The van der Waals surface area contributed by atoms with Crippen molar-refractivity contribution < 1.29 is 19.0 Å². The van der Waals surface area contributed by atoms with Crippen LogP contribution in [0.15, 0.2) is 54.6 Å². The number of carbonyl (C=O) groups excluding carboxylic acids is 1. The minimum absolute atomic E-state index is 0.349. The van der Waals surface area contributed by atoms with E-state index in [-0.39, 0.29) is 5.97 Å². The van der Waals surface area contributed by atoms with Gasteiger partial charge in [0.1, 0.15) is 6.61 Å². The summed E-state index contributed by atoms with van der Waals surface area (Å²) in [6.45, 7) is 4.46. The molecule has 0 aromatic heterocycles. The van der Waals surface area contributed by atoms with Gasteiger partial charge in [-0.3, -0.25) is 0 Å². The van der Waals surface area contributed by atoms with Crippen LogP contribution in [0.2, 0.25) is 0 Å². The third kappa shape index (κ3) is 4.88. The van der Waals surface area contributed by atoms with Gasteiger partial charge in [-0.2, -0.15) is 0 Å². The molecule has 0 aliphatic rings. The lowest BCUT2D eigenvalue weighted by Crippen LogP contribution is -2.01. The molecule has 0 amide bonds. The van der Waals surface area contributed by atoms with Crippen LogP contribution in [0, 0.1) is 0 Å². The van der Waals surface area contributed by atoms with Crippen LogP contribution in [0.25, 0.3) is 5.57 Å². The summed E-state index contributed by atoms with van der Waals surface area (Å²) < 4.78 is 16.2. The molecule has 2 aromatic carbocycles. The van der Waals surface area contributed by atoms with E-state index < -0.39 is 0 Å². The summed E-state index contributed by atoms with van der Waals surface area (Å²) in [5.41, 5.74) is 2.77. The van der Waals surface area contributed by atoms with Gasteiger partial charge in [0.25, 0.3) is 0 Å². The van der Waals surface area contributed by atoms with Gasteiger partial charge in [-0.15, -0.1) is 0 Å². The lowest BCUT2D eigenvalue weighted by Gasteiger charge is -2.12. The molecule has 0 N–H and O–H groups in total. The number of rotatable bonds is 7. The van der Waals surface area contributed by atoms with Crippen molar-refractivity contribution in [2.75, 3.05) is 13.7 Å². The molecule has 2 rings (SSSR count). The van der Waals surface area contributed by atoms with Gasteiger partial charge < -0.3 is 14.2 Å². The highest BCUT2D eigenvalue weighted by molar-refractivity contribution is 5.91. The first-order valence-electron chi connectivity index (χ1n) is 7.84. The number of methoxy groups -OCH3 is 1. The molecule has 4 heteroatoms. The van der Waals surface area contributed by atoms with Crippen LogP contribution in [0.4, 0.5) is 0 Å². The molecule has 0 saturated heterocycles. The predicted molar refractivity (Wildman–Crippen MR) is 94.1 cm³/mol. The Morgan fingerprint density at radius 2 is 1.83 bits per heavy atom. The van der Waals surface area contributed by atoms with Crippen LogP contribution in [-0.4, -0.2) is 19.7 Å². The summed E-state index contributed by atoms with van der Waals surface area (Å²) in [6.07, 6.45) is 1.47. The number of hydrogen-bond donors (Lipinski definition) is 0. The first-order chi connectivity index (χ1) is 11.6. The number of benzene rings is 2. The van der Waals surface area contributed by atoms with E-state index in [9.17, 15) is 4.79 Å². The van der Waals surface area contributed by atoms with Crippen molar-refractivity contribution in [1.82, 2.24) is 0 Å². The molecular weight excluding hydrogens is 304 g/mol. The maximum Gasteiger partial charge on any atom is 0.331 e. The van der Waals surface area contributed by atoms with Gasteiger partial charge in [-0.25, -0.2) is 4.79 Å². The molecule has 4 nitrogen and oxygen atoms in total. The van der Waals surface area contributed by atoms with E-state index in [2.05, 4.69) is 0 Å². The largest absolute Gasteiger partial charge is 0.493 e. The van der Waals surface area contributed by atoms with E-state index in [4.69, 9.17) is 14.2 Å². The minimum atomic E-state index is -0.349. The second kappa shape index (κ2) is 8.77. The van der Waals surface area contributed by atoms with Crippen molar-refractivity contribution >= 4 is 11.5 Å². The van der Waals surface area contributed by atoms with Crippen molar-refractivity contribution in [3.63, 3.8) is 0 Å². The maximum atomic E-state index is 11.6. The number of ether oxygens (including phenoxy) is 3. The Bertz CT molecular complexity index is 705. The van der Waals surface area contributed by atoms with E-state index in [1.165, 1.54) is 6.08 Å². The first-order valence-corrected chi connectivity index (χ1v) is 7.84. The SMILES string of the molecule is CCOC(=O)/C=C(/C)c1ccc(OCc2ccccc2)c(OC)c1. The first kappa shape index (κ1) is 17.6. The van der Waals surface area contributed by atoms with Crippen LogP contribution in [0.5, 0.6) is 11.5 Å². The standard InChI is InChI=1S/C20H22O4/c1-4-23-20(21)12-15(2)17-10-11-18(19(13-17)22-3)24-14-16-8-6-5-7-9-16/h5-13H,4,14H2,1-3H3/b15-12-. The molecule has 0 bridgehead atoms. The molecule has 24 heavy (non-hydrogen) atoms. The monoisotopic (exact) mass is 326 g/mol. The topological polar surface area (TPSA) is 44.8 Å². The molecule has 0 heterocycles. The Balaban J connectivity index is 2.13. The zero-order valence-corrected chi connectivity index (χ0v) is 14.2. The number of esters is 1. The molecule has 0 spiro atoms. The predicted octanol–water partition coefficient (Wildman–Crippen LogP) is 4.24. The normalized spacial score (nSPS) is 11.0. The molecule has 0 aliphatic carbocycles. The van der Waals surface area contributed by atoms with Gasteiger partial charge in [-0.05, 0) is 42.7 Å². The van der Waals surface area contributed by atoms with Crippen molar-refractivity contribution in [3.8, 4) is 11.5 Å². The highest BCUT2D eigenvalue weighted by atomic mass is 16.5. The van der Waals surface area contributed by atoms with E-state index in [1.807, 2.05) is 55.5 Å². The fraction of sp³-hybridized carbons (Fsp3) is 0.250. The van der Waals surface area contributed by atoms with Crippen molar-refractivity contribution in [2.24, 2.45) is 0 Å². The van der Waals surface area contributed by atoms with Gasteiger partial charge in [0, 0.05) is 6.08 Å². The second-order valence-corrected chi connectivity index (χ2v) is 5.22. The summed E-state index contributed by atoms with van der Waals surface area (Å²) in [5.74, 6) is 0.937. The van der Waals surface area contributed by atoms with Crippen LogP contribution in [0.1, 0.15) is 25.0 Å². The van der Waals surface area contributed by atoms with Crippen molar-refractivity contribution in [2.45, 2.75) is 20.5 Å². The Morgan fingerprint density at radius 3 is 2.50 bits per heavy atom. The number of hydrogen-bond acceptors (Lipinski definition) is 4. The summed E-state index contributed by atoms with van der Waals surface area (Å²) in [5, 5.41) is 0. The van der Waals surface area contributed by atoms with Gasteiger partial charge in [0.15, 0.2) is 11.5 Å². The van der Waals surface area contributed by atoms with Crippen LogP contribution < -0.4 is 9.47 Å². The zero-order chi connectivity index (χ0) is 17.4. The van der Waals surface area contributed by atoms with Gasteiger partial charge in [0.05, 0.1) is 13.7 Å². The van der Waals surface area contributed by atoms with Crippen LogP contribution in [-0.2, 0) is 16.1 Å². The fourth-order valence-electron chi connectivity index (χ4n) is 2.21. The summed E-state index contributed by atoms with van der Waals surface area (Å²) in [4.78, 5) is 11.6. The lowest BCUT2D eigenvalue weighted by molar-refractivity contribution is -0.137. The molecule has 0 radical (unpaired) electrons. The third-order valence-electron chi connectivity index (χ3n) is 3.48. The Morgan fingerprint density at radius 1 is 1.08 bits per heavy atom. The van der Waals surface area contributed by atoms with E-state index in [0.717, 1.165) is 16.7 Å². The maximum absolute atomic E-state index is 11.6. The van der Waals surface area contributed by atoms with E-state index in [1.54, 1.807) is 14.0 Å². The Labute approximate surface area is 142 Å². The second-order valence-electron chi connectivity index (χ2n) is 5.22. The fourth-order valence-corrected chi connectivity index (χ4v) is 2.21. The minimum Gasteiger partial charge on any atom is -0.493 e. The molecule has 0 saturated carbocycles. The molecule has 0 atom stereocenters. The van der Waals surface area contributed by atoms with Crippen molar-refractivity contribution in [3.05, 3.63) is 65.7 Å². The van der Waals surface area contributed by atoms with Gasteiger partial charge in [-0.1, -0.05) is 36.4 Å². The number of allylic oxidation sites excluding steroid dienone is 1. The smallest absolute Gasteiger partial charge is 0.331 e. The summed E-state index contributed by atoms with van der Waals surface area (Å²) in [7, 11) is 1.60. The van der Waals surface area contributed by atoms with E-state index >= 15 is 0 Å². The quantitative estimate of drug-likeness (QED) is 0.564. The Kier molecular flexibility index (Phi) is 6.43. The lowest BCUT2D eigenvalue weighted by atomic mass is 10.1. The molecule has 0 unspecified atom stereocenters.